The number of hydrogen-bond donors (Lipinski definition) is 1. The van der Waals surface area contributed by atoms with Crippen LogP contribution in [0.25, 0.3) is 10.8 Å². The molecule has 1 spiro atoms. The molecular weight excluding hydrogens is 506 g/mol. The third-order valence-corrected chi connectivity index (χ3v) is 8.97. The lowest BCUT2D eigenvalue weighted by atomic mass is 9.70. The minimum atomic E-state index is -1.15. The Morgan fingerprint density at radius 2 is 1.82 bits per heavy atom. The van der Waals surface area contributed by atoms with Crippen LogP contribution in [0.3, 0.4) is 0 Å². The van der Waals surface area contributed by atoms with Crippen molar-refractivity contribution in [3.8, 4) is 0 Å². The number of hydrogen-bond acceptors (Lipinski definition) is 5. The van der Waals surface area contributed by atoms with Crippen molar-refractivity contribution in [3.05, 3.63) is 67.8 Å². The van der Waals surface area contributed by atoms with Gasteiger partial charge in [-0.1, -0.05) is 56.3 Å². The molecule has 6 atom stereocenters. The van der Waals surface area contributed by atoms with E-state index < -0.39 is 35.6 Å². The van der Waals surface area contributed by atoms with Crippen LogP contribution in [-0.4, -0.2) is 83.2 Å². The maximum absolute atomic E-state index is 14.7. The smallest absolute Gasteiger partial charge is 0.253 e. The number of fused-ring (bicyclic) bond motifs is 2. The number of likely N-dealkylation sites (tertiary alicyclic amines) is 1. The van der Waals surface area contributed by atoms with Crippen molar-refractivity contribution in [2.45, 2.75) is 50.5 Å². The summed E-state index contributed by atoms with van der Waals surface area (Å²) >= 11 is 0. The summed E-state index contributed by atoms with van der Waals surface area (Å²) in [5.74, 6) is -2.38. The van der Waals surface area contributed by atoms with Crippen molar-refractivity contribution < 1.29 is 24.2 Å². The number of benzene rings is 2. The Balaban J connectivity index is 1.61. The van der Waals surface area contributed by atoms with Crippen molar-refractivity contribution in [3.63, 3.8) is 0 Å². The Bertz CT molecular complexity index is 1340. The van der Waals surface area contributed by atoms with Crippen molar-refractivity contribution in [1.82, 2.24) is 9.80 Å². The topological polar surface area (TPSA) is 90.4 Å². The molecule has 3 aliphatic heterocycles. The van der Waals surface area contributed by atoms with E-state index in [9.17, 15) is 19.5 Å². The van der Waals surface area contributed by atoms with Crippen LogP contribution in [-0.2, 0) is 19.1 Å². The van der Waals surface area contributed by atoms with Crippen LogP contribution in [0.15, 0.2) is 67.8 Å². The van der Waals surface area contributed by atoms with E-state index in [1.54, 1.807) is 33.9 Å². The quantitative estimate of drug-likeness (QED) is 0.463. The van der Waals surface area contributed by atoms with Gasteiger partial charge in [0.05, 0.1) is 30.6 Å². The summed E-state index contributed by atoms with van der Waals surface area (Å²) < 4.78 is 6.60. The summed E-state index contributed by atoms with van der Waals surface area (Å²) in [5, 5.41) is 12.5. The molecule has 2 aromatic carbocycles. The van der Waals surface area contributed by atoms with E-state index in [0.29, 0.717) is 25.1 Å². The Morgan fingerprint density at radius 1 is 1.12 bits per heavy atom. The molecule has 0 saturated carbocycles. The fourth-order valence-corrected chi connectivity index (χ4v) is 7.11. The van der Waals surface area contributed by atoms with Gasteiger partial charge in [0.25, 0.3) is 5.91 Å². The molecule has 0 aromatic heterocycles. The lowest BCUT2D eigenvalue weighted by molar-refractivity contribution is -0.147. The number of amides is 3. The first-order valence-corrected chi connectivity index (χ1v) is 14.1. The first kappa shape index (κ1) is 28.1. The second-order valence-corrected chi connectivity index (χ2v) is 11.6. The molecule has 2 aromatic rings. The van der Waals surface area contributed by atoms with Gasteiger partial charge >= 0.3 is 0 Å². The standard InChI is InChI=1S/C32H39N3O5/c1-6-16-33(5)29(37)26-25-14-15-32(40-25)27(26)30(38)35(24(19-36)20(3)4)28(32)31(39)34(17-7-2)23-13-12-21-10-8-9-11-22(21)18-23/h6-13,18,20,24-28,36H,1-2,14-17,19H2,3-5H3/t24-,25+,26-,27-,28?,32?/m0/s1. The molecular formula is C32H39N3O5. The molecule has 2 bridgehead atoms. The Hall–Kier alpha value is -3.49. The van der Waals surface area contributed by atoms with E-state index in [4.69, 9.17) is 4.74 Å². The number of aliphatic hydroxyl groups excluding tert-OH is 1. The number of ether oxygens (including phenoxy) is 1. The van der Waals surface area contributed by atoms with Crippen molar-refractivity contribution >= 4 is 34.2 Å². The van der Waals surface area contributed by atoms with Gasteiger partial charge in [-0.3, -0.25) is 14.4 Å². The highest BCUT2D eigenvalue weighted by Crippen LogP contribution is 2.59. The van der Waals surface area contributed by atoms with Gasteiger partial charge < -0.3 is 24.5 Å². The zero-order chi connectivity index (χ0) is 28.8. The van der Waals surface area contributed by atoms with E-state index in [0.717, 1.165) is 10.8 Å². The van der Waals surface area contributed by atoms with Crippen LogP contribution in [0.1, 0.15) is 26.7 Å². The van der Waals surface area contributed by atoms with Gasteiger partial charge in [0.2, 0.25) is 11.8 Å². The fraction of sp³-hybridized carbons (Fsp3) is 0.469. The summed E-state index contributed by atoms with van der Waals surface area (Å²) in [7, 11) is 1.69. The maximum Gasteiger partial charge on any atom is 0.253 e. The predicted octanol–water partition coefficient (Wildman–Crippen LogP) is 3.39. The van der Waals surface area contributed by atoms with E-state index in [1.165, 1.54) is 0 Å². The number of nitrogens with zero attached hydrogens (tertiary/aromatic N) is 3. The molecule has 5 rings (SSSR count). The highest BCUT2D eigenvalue weighted by atomic mass is 16.5. The van der Waals surface area contributed by atoms with Crippen molar-refractivity contribution in [2.24, 2.45) is 17.8 Å². The third kappa shape index (κ3) is 4.25. The predicted molar refractivity (Wildman–Crippen MR) is 154 cm³/mol. The molecule has 1 N–H and O–H groups in total. The summed E-state index contributed by atoms with van der Waals surface area (Å²) in [6.07, 6.45) is 3.95. The molecule has 212 valence electrons. The molecule has 3 aliphatic rings. The van der Waals surface area contributed by atoms with Crippen LogP contribution in [0.5, 0.6) is 0 Å². The second kappa shape index (κ2) is 10.8. The summed E-state index contributed by atoms with van der Waals surface area (Å²) in [6, 6.07) is 12.2. The van der Waals surface area contributed by atoms with Gasteiger partial charge in [0.1, 0.15) is 11.6 Å². The van der Waals surface area contributed by atoms with Crippen LogP contribution in [0, 0.1) is 17.8 Å². The number of likely N-dealkylation sites (N-methyl/N-ethyl adjacent to an activating group) is 1. The Labute approximate surface area is 235 Å². The minimum Gasteiger partial charge on any atom is -0.394 e. The van der Waals surface area contributed by atoms with Gasteiger partial charge in [-0.2, -0.15) is 0 Å². The van der Waals surface area contributed by atoms with Gasteiger partial charge in [-0.15, -0.1) is 13.2 Å². The van der Waals surface area contributed by atoms with Crippen molar-refractivity contribution in [2.75, 3.05) is 31.6 Å². The molecule has 0 radical (unpaired) electrons. The third-order valence-electron chi connectivity index (χ3n) is 8.97. The molecule has 3 heterocycles. The highest BCUT2D eigenvalue weighted by Gasteiger charge is 2.75. The molecule has 8 nitrogen and oxygen atoms in total. The van der Waals surface area contributed by atoms with Crippen LogP contribution < -0.4 is 4.90 Å². The number of rotatable bonds is 10. The molecule has 3 saturated heterocycles. The van der Waals surface area contributed by atoms with Gasteiger partial charge in [-0.25, -0.2) is 0 Å². The Morgan fingerprint density at radius 3 is 2.48 bits per heavy atom. The average molecular weight is 546 g/mol. The molecule has 8 heteroatoms. The van der Waals surface area contributed by atoms with E-state index in [-0.39, 0.29) is 36.8 Å². The summed E-state index contributed by atoms with van der Waals surface area (Å²) in [4.78, 5) is 47.4. The van der Waals surface area contributed by atoms with Crippen LogP contribution >= 0.6 is 0 Å². The highest BCUT2D eigenvalue weighted by molar-refractivity contribution is 6.06. The first-order chi connectivity index (χ1) is 19.2. The minimum absolute atomic E-state index is 0.122. The monoisotopic (exact) mass is 545 g/mol. The zero-order valence-electron chi connectivity index (χ0n) is 23.5. The van der Waals surface area contributed by atoms with Gasteiger partial charge in [0, 0.05) is 25.8 Å². The number of carbonyl (C=O) groups is 3. The van der Waals surface area contributed by atoms with E-state index in [2.05, 4.69) is 13.2 Å². The summed E-state index contributed by atoms with van der Waals surface area (Å²) in [5.41, 5.74) is -0.459. The first-order valence-electron chi connectivity index (χ1n) is 14.1. The van der Waals surface area contributed by atoms with E-state index in [1.807, 2.05) is 56.3 Å². The van der Waals surface area contributed by atoms with Crippen LogP contribution in [0.4, 0.5) is 5.69 Å². The second-order valence-electron chi connectivity index (χ2n) is 11.6. The van der Waals surface area contributed by atoms with Crippen molar-refractivity contribution in [1.29, 1.82) is 0 Å². The lowest BCUT2D eigenvalue weighted by Gasteiger charge is -2.40. The SMILES string of the molecule is C=CCN(C)C(=O)[C@@H]1[C@H]2C(=O)N([C@@H](CO)C(C)C)C(C(=O)N(CC=C)c3ccc4ccccc4c3)C23CC[C@H]1O3. The lowest BCUT2D eigenvalue weighted by Crippen LogP contribution is -2.59. The van der Waals surface area contributed by atoms with E-state index >= 15 is 0 Å². The normalized spacial score (nSPS) is 27.6. The molecule has 3 fully saturated rings. The summed E-state index contributed by atoms with van der Waals surface area (Å²) in [6.45, 7) is 11.8. The number of anilines is 1. The van der Waals surface area contributed by atoms with Gasteiger partial charge in [0.15, 0.2) is 0 Å². The molecule has 0 aliphatic carbocycles. The maximum atomic E-state index is 14.7. The number of aliphatic hydroxyl groups is 1. The average Bonchev–Trinajstić information content (AvgIpc) is 3.59. The van der Waals surface area contributed by atoms with Crippen LogP contribution in [0.2, 0.25) is 0 Å². The largest absolute Gasteiger partial charge is 0.394 e. The molecule has 40 heavy (non-hydrogen) atoms. The van der Waals surface area contributed by atoms with Gasteiger partial charge in [-0.05, 0) is 41.7 Å². The molecule has 2 unspecified atom stereocenters. The number of carbonyl (C=O) groups excluding carboxylic acids is 3. The Kier molecular flexibility index (Phi) is 7.59. The fourth-order valence-electron chi connectivity index (χ4n) is 7.11. The zero-order valence-corrected chi connectivity index (χ0v) is 23.5. The molecule has 3 amide bonds.